The number of carbonyl (C=O) groups is 4. The number of ether oxygens (including phenoxy) is 1. The molecule has 1 fully saturated rings. The van der Waals surface area contributed by atoms with E-state index in [9.17, 15) is 24.3 Å². The lowest BCUT2D eigenvalue weighted by atomic mass is 10.1. The number of β-lactam (4-membered cyclic amide) rings is 1. The molecule has 1 saturated heterocycles. The summed E-state index contributed by atoms with van der Waals surface area (Å²) in [6.07, 6.45) is 1.20. The molecule has 2 unspecified atom stereocenters. The number of rotatable bonds is 7. The summed E-state index contributed by atoms with van der Waals surface area (Å²) in [6.45, 7) is 1.04. The first kappa shape index (κ1) is 21.6. The first-order chi connectivity index (χ1) is 14.2. The van der Waals surface area contributed by atoms with Crippen molar-refractivity contribution in [2.24, 2.45) is 5.16 Å². The number of nitrogen functional groups attached to an aromatic ring is 1. The summed E-state index contributed by atoms with van der Waals surface area (Å²) in [4.78, 5) is 57.6. The quantitative estimate of drug-likeness (QED) is 0.208. The van der Waals surface area contributed by atoms with Crippen LogP contribution in [0.3, 0.4) is 0 Å². The van der Waals surface area contributed by atoms with Crippen LogP contribution < -0.4 is 11.1 Å². The first-order valence-corrected chi connectivity index (χ1v) is 10.2. The molecule has 1 aromatic rings. The zero-order chi connectivity index (χ0) is 22.0. The predicted molar refractivity (Wildman–Crippen MR) is 106 cm³/mol. The van der Waals surface area contributed by atoms with Crippen LogP contribution in [0, 0.1) is 0 Å². The number of oxime groups is 1. The van der Waals surface area contributed by atoms with Crippen LogP contribution in [-0.4, -0.2) is 74.8 Å². The Morgan fingerprint density at radius 1 is 1.43 bits per heavy atom. The predicted octanol–water partition coefficient (Wildman–Crippen LogP) is -0.624. The van der Waals surface area contributed by atoms with E-state index >= 15 is 0 Å². The SMILES string of the molecule is CON=C(C(=O)NC1C(=O)N2C=C(C(=O)O)C(COC(C)=O)S[C@H]12)c1csc(N)n1. The number of carboxylic acid groups (broad SMARTS) is 1. The molecule has 0 radical (unpaired) electrons. The van der Waals surface area contributed by atoms with E-state index in [1.165, 1.54) is 30.5 Å². The van der Waals surface area contributed by atoms with Gasteiger partial charge in [-0.05, 0) is 0 Å². The van der Waals surface area contributed by atoms with Crippen LogP contribution in [0.5, 0.6) is 0 Å². The van der Waals surface area contributed by atoms with E-state index in [-0.39, 0.29) is 28.7 Å². The van der Waals surface area contributed by atoms with Crippen LogP contribution in [0.15, 0.2) is 22.3 Å². The summed E-state index contributed by atoms with van der Waals surface area (Å²) in [5.74, 6) is -2.97. The van der Waals surface area contributed by atoms with Gasteiger partial charge in [0.25, 0.3) is 11.8 Å². The fourth-order valence-electron chi connectivity index (χ4n) is 2.79. The molecule has 4 N–H and O–H groups in total. The van der Waals surface area contributed by atoms with Gasteiger partial charge in [0.2, 0.25) is 0 Å². The third-order valence-electron chi connectivity index (χ3n) is 4.14. The molecule has 0 aliphatic carbocycles. The lowest BCUT2D eigenvalue weighted by Gasteiger charge is -2.48. The van der Waals surface area contributed by atoms with Crippen molar-refractivity contribution in [3.63, 3.8) is 0 Å². The van der Waals surface area contributed by atoms with E-state index in [0.29, 0.717) is 0 Å². The fraction of sp³-hybridized carbons (Fsp3) is 0.375. The summed E-state index contributed by atoms with van der Waals surface area (Å²) in [6, 6.07) is -0.938. The molecule has 0 saturated carbocycles. The molecule has 1 aromatic heterocycles. The third-order valence-corrected chi connectivity index (χ3v) is 6.31. The number of carbonyl (C=O) groups excluding carboxylic acids is 3. The average Bonchev–Trinajstić information content (AvgIpc) is 3.13. The van der Waals surface area contributed by atoms with Crippen LogP contribution in [0.2, 0.25) is 0 Å². The monoisotopic (exact) mass is 455 g/mol. The van der Waals surface area contributed by atoms with Gasteiger partial charge >= 0.3 is 11.9 Å². The molecule has 30 heavy (non-hydrogen) atoms. The Kier molecular flexibility index (Phi) is 6.26. The molecule has 12 nitrogen and oxygen atoms in total. The first-order valence-electron chi connectivity index (χ1n) is 8.42. The van der Waals surface area contributed by atoms with Gasteiger partial charge in [-0.2, -0.15) is 0 Å². The van der Waals surface area contributed by atoms with Gasteiger partial charge in [-0.25, -0.2) is 9.78 Å². The molecule has 0 spiro atoms. The number of esters is 1. The number of thioether (sulfide) groups is 1. The molecule has 14 heteroatoms. The molecule has 0 bridgehead atoms. The number of nitrogens with two attached hydrogens (primary N) is 1. The standard InChI is InChI=1S/C16H17N5O7S2/c1-6(22)28-4-9-7(15(25)26)3-21-13(24)11(14(21)30-9)19-12(23)10(20-27-2)8-5-29-16(17)18-8/h3,5,9,11,14H,4H2,1-2H3,(H2,17,18)(H,19,23)(H,25,26)/t9?,11?,14-/m1/s1. The maximum atomic E-state index is 12.7. The van der Waals surface area contributed by atoms with Gasteiger partial charge in [0.15, 0.2) is 10.8 Å². The number of aliphatic carboxylic acids is 1. The van der Waals surface area contributed by atoms with Crippen molar-refractivity contribution < 1.29 is 33.9 Å². The summed E-state index contributed by atoms with van der Waals surface area (Å²) in [7, 11) is 1.26. The van der Waals surface area contributed by atoms with Crippen molar-refractivity contribution in [1.82, 2.24) is 15.2 Å². The Labute approximate surface area is 178 Å². The van der Waals surface area contributed by atoms with Crippen LogP contribution in [-0.2, 0) is 28.8 Å². The average molecular weight is 455 g/mol. The Morgan fingerprint density at radius 3 is 2.73 bits per heavy atom. The number of amides is 2. The second-order valence-corrected chi connectivity index (χ2v) is 8.31. The van der Waals surface area contributed by atoms with Gasteiger partial charge in [0, 0.05) is 18.5 Å². The molecular formula is C16H17N5O7S2. The maximum absolute atomic E-state index is 12.7. The van der Waals surface area contributed by atoms with Crippen molar-refractivity contribution in [1.29, 1.82) is 0 Å². The van der Waals surface area contributed by atoms with Crippen LogP contribution in [0.4, 0.5) is 5.13 Å². The molecule has 160 valence electrons. The number of nitrogens with zero attached hydrogens (tertiary/aromatic N) is 3. The smallest absolute Gasteiger partial charge is 0.334 e. The molecule has 3 atom stereocenters. The number of aromatic nitrogens is 1. The van der Waals surface area contributed by atoms with E-state index in [0.717, 1.165) is 23.1 Å². The Morgan fingerprint density at radius 2 is 2.17 bits per heavy atom. The van der Waals surface area contributed by atoms with E-state index < -0.39 is 40.4 Å². The molecule has 2 amide bonds. The highest BCUT2D eigenvalue weighted by Gasteiger charge is 2.52. The highest BCUT2D eigenvalue weighted by atomic mass is 32.2. The minimum absolute atomic E-state index is 0.0739. The molecule has 2 aliphatic heterocycles. The number of nitrogens with one attached hydrogen (secondary N) is 1. The van der Waals surface area contributed by atoms with Crippen molar-refractivity contribution in [3.8, 4) is 0 Å². The van der Waals surface area contributed by atoms with Gasteiger partial charge in [-0.1, -0.05) is 5.16 Å². The van der Waals surface area contributed by atoms with Gasteiger partial charge in [0.1, 0.15) is 30.8 Å². The lowest BCUT2D eigenvalue weighted by molar-refractivity contribution is -0.145. The van der Waals surface area contributed by atoms with Gasteiger partial charge in [-0.15, -0.1) is 23.1 Å². The second-order valence-electron chi connectivity index (χ2n) is 6.10. The summed E-state index contributed by atoms with van der Waals surface area (Å²) in [5.41, 5.74) is 5.55. The number of thiazole rings is 1. The maximum Gasteiger partial charge on any atom is 0.334 e. The minimum Gasteiger partial charge on any atom is -0.478 e. The zero-order valence-electron chi connectivity index (χ0n) is 15.7. The Bertz CT molecular complexity index is 960. The number of anilines is 1. The Balaban J connectivity index is 1.76. The highest BCUT2D eigenvalue weighted by molar-refractivity contribution is 8.01. The topological polar surface area (TPSA) is 174 Å². The summed E-state index contributed by atoms with van der Waals surface area (Å²) < 4.78 is 4.93. The van der Waals surface area contributed by atoms with E-state index in [1.807, 2.05) is 0 Å². The van der Waals surface area contributed by atoms with Crippen LogP contribution in [0.1, 0.15) is 12.6 Å². The lowest BCUT2D eigenvalue weighted by Crippen LogP contribution is -2.69. The van der Waals surface area contributed by atoms with Crippen molar-refractivity contribution >= 4 is 57.7 Å². The van der Waals surface area contributed by atoms with Gasteiger partial charge in [-0.3, -0.25) is 14.4 Å². The molecule has 3 heterocycles. The zero-order valence-corrected chi connectivity index (χ0v) is 17.4. The van der Waals surface area contributed by atoms with Crippen LogP contribution >= 0.6 is 23.1 Å². The van der Waals surface area contributed by atoms with Gasteiger partial charge in [0.05, 0.1) is 10.8 Å². The summed E-state index contributed by atoms with van der Waals surface area (Å²) >= 11 is 2.21. The number of hydrogen-bond donors (Lipinski definition) is 3. The molecule has 3 rings (SSSR count). The van der Waals surface area contributed by atoms with Crippen molar-refractivity contribution in [3.05, 3.63) is 22.8 Å². The number of carboxylic acids is 1. The van der Waals surface area contributed by atoms with E-state index in [4.69, 9.17) is 15.3 Å². The second kappa shape index (κ2) is 8.71. The number of fused-ring (bicyclic) bond motifs is 1. The van der Waals surface area contributed by atoms with E-state index in [1.54, 1.807) is 0 Å². The minimum atomic E-state index is -1.23. The van der Waals surface area contributed by atoms with Gasteiger partial charge < -0.3 is 30.6 Å². The largest absolute Gasteiger partial charge is 0.478 e. The highest BCUT2D eigenvalue weighted by Crippen LogP contribution is 2.40. The molecule has 2 aliphatic rings. The normalized spacial score (nSPS) is 23.1. The fourth-order valence-corrected chi connectivity index (χ4v) is 4.77. The van der Waals surface area contributed by atoms with Crippen LogP contribution in [0.25, 0.3) is 0 Å². The van der Waals surface area contributed by atoms with Crippen molar-refractivity contribution in [2.45, 2.75) is 23.6 Å². The Hall–Kier alpha value is -3.13. The molecule has 0 aromatic carbocycles. The van der Waals surface area contributed by atoms with E-state index in [2.05, 4.69) is 15.5 Å². The number of hydrogen-bond acceptors (Lipinski definition) is 11. The van der Waals surface area contributed by atoms with Crippen molar-refractivity contribution in [2.75, 3.05) is 19.5 Å². The third kappa shape index (κ3) is 4.23. The molecular weight excluding hydrogens is 438 g/mol. The summed E-state index contributed by atoms with van der Waals surface area (Å²) in [5, 5.41) is 16.1.